The second kappa shape index (κ2) is 8.39. The third kappa shape index (κ3) is 5.50. The van der Waals surface area contributed by atoms with E-state index in [0.29, 0.717) is 0 Å². The summed E-state index contributed by atoms with van der Waals surface area (Å²) in [4.78, 5) is 24.3. The SMILES string of the molecule is CC(C)COC(=O)c1cc(Cl)c(Cl)cc1C(=O)OCC(C)C. The Kier molecular flexibility index (Phi) is 7.17. The average molecular weight is 347 g/mol. The van der Waals surface area contributed by atoms with Crippen LogP contribution in [0.2, 0.25) is 10.0 Å². The standard InChI is InChI=1S/C16H20Cl2O4/c1-9(2)7-21-15(19)11-5-13(17)14(18)6-12(11)16(20)22-8-10(3)4/h5-6,9-10H,7-8H2,1-4H3. The zero-order valence-corrected chi connectivity index (χ0v) is 14.6. The molecular weight excluding hydrogens is 327 g/mol. The van der Waals surface area contributed by atoms with Gasteiger partial charge in [-0.2, -0.15) is 0 Å². The van der Waals surface area contributed by atoms with Gasteiger partial charge < -0.3 is 9.47 Å². The lowest BCUT2D eigenvalue weighted by Crippen LogP contribution is -2.17. The quantitative estimate of drug-likeness (QED) is 0.705. The predicted molar refractivity (Wildman–Crippen MR) is 86.7 cm³/mol. The van der Waals surface area contributed by atoms with Crippen LogP contribution in [0, 0.1) is 11.8 Å². The van der Waals surface area contributed by atoms with Crippen molar-refractivity contribution in [2.24, 2.45) is 11.8 Å². The summed E-state index contributed by atoms with van der Waals surface area (Å²) in [6.07, 6.45) is 0. The molecule has 0 aliphatic carbocycles. The van der Waals surface area contributed by atoms with E-state index in [9.17, 15) is 9.59 Å². The summed E-state index contributed by atoms with van der Waals surface area (Å²) in [7, 11) is 0. The fourth-order valence-corrected chi connectivity index (χ4v) is 1.85. The topological polar surface area (TPSA) is 52.6 Å². The van der Waals surface area contributed by atoms with Gasteiger partial charge in [0.1, 0.15) is 0 Å². The number of carbonyl (C=O) groups is 2. The molecule has 0 fully saturated rings. The first-order valence-corrected chi connectivity index (χ1v) is 7.81. The molecule has 1 aromatic carbocycles. The van der Waals surface area contributed by atoms with E-state index in [1.165, 1.54) is 12.1 Å². The molecule has 0 heterocycles. The van der Waals surface area contributed by atoms with Gasteiger partial charge in [0.05, 0.1) is 34.4 Å². The van der Waals surface area contributed by atoms with Gasteiger partial charge in [-0.05, 0) is 24.0 Å². The van der Waals surface area contributed by atoms with Crippen molar-refractivity contribution in [2.75, 3.05) is 13.2 Å². The Bertz CT molecular complexity index is 504. The average Bonchev–Trinajstić information content (AvgIpc) is 2.44. The molecule has 0 bridgehead atoms. The Hall–Kier alpha value is -1.26. The first-order chi connectivity index (χ1) is 10.2. The molecule has 0 amide bonds. The Balaban J connectivity index is 3.06. The molecule has 0 atom stereocenters. The first-order valence-electron chi connectivity index (χ1n) is 7.05. The molecule has 0 saturated carbocycles. The molecule has 0 aromatic heterocycles. The van der Waals surface area contributed by atoms with Crippen LogP contribution in [0.5, 0.6) is 0 Å². The number of carbonyl (C=O) groups excluding carboxylic acids is 2. The van der Waals surface area contributed by atoms with Crippen LogP contribution in [-0.4, -0.2) is 25.2 Å². The molecule has 6 heteroatoms. The summed E-state index contributed by atoms with van der Waals surface area (Å²) in [5.74, 6) is -0.876. The van der Waals surface area contributed by atoms with Crippen molar-refractivity contribution in [2.45, 2.75) is 27.7 Å². The lowest BCUT2D eigenvalue weighted by atomic mass is 10.1. The molecule has 122 valence electrons. The Morgan fingerprint density at radius 2 is 1.18 bits per heavy atom. The van der Waals surface area contributed by atoms with E-state index in [1.54, 1.807) is 0 Å². The molecule has 1 aromatic rings. The monoisotopic (exact) mass is 346 g/mol. The molecule has 0 spiro atoms. The zero-order valence-electron chi connectivity index (χ0n) is 13.1. The molecule has 0 aliphatic rings. The highest BCUT2D eigenvalue weighted by Crippen LogP contribution is 2.27. The maximum Gasteiger partial charge on any atom is 0.339 e. The number of halogens is 2. The third-order valence-corrected chi connectivity index (χ3v) is 3.32. The van der Waals surface area contributed by atoms with Crippen molar-refractivity contribution in [3.8, 4) is 0 Å². The summed E-state index contributed by atoms with van der Waals surface area (Å²) in [6, 6.07) is 2.66. The zero-order chi connectivity index (χ0) is 16.9. The molecule has 4 nitrogen and oxygen atoms in total. The largest absolute Gasteiger partial charge is 0.462 e. The van der Waals surface area contributed by atoms with E-state index in [4.69, 9.17) is 32.7 Å². The van der Waals surface area contributed by atoms with Crippen molar-refractivity contribution in [1.82, 2.24) is 0 Å². The van der Waals surface area contributed by atoms with Crippen LogP contribution >= 0.6 is 23.2 Å². The van der Waals surface area contributed by atoms with E-state index < -0.39 is 11.9 Å². The van der Waals surface area contributed by atoms with Crippen molar-refractivity contribution in [3.63, 3.8) is 0 Å². The maximum absolute atomic E-state index is 12.1. The number of benzene rings is 1. The summed E-state index contributed by atoms with van der Waals surface area (Å²) < 4.78 is 10.3. The molecule has 0 radical (unpaired) electrons. The molecule has 0 saturated heterocycles. The van der Waals surface area contributed by atoms with Crippen LogP contribution in [0.3, 0.4) is 0 Å². The number of hydrogen-bond donors (Lipinski definition) is 0. The van der Waals surface area contributed by atoms with Gasteiger partial charge in [-0.25, -0.2) is 9.59 Å². The molecule has 1 rings (SSSR count). The van der Waals surface area contributed by atoms with E-state index >= 15 is 0 Å². The Labute approximate surface area is 140 Å². The van der Waals surface area contributed by atoms with Crippen LogP contribution in [0.1, 0.15) is 48.4 Å². The normalized spacial score (nSPS) is 10.9. The second-order valence-corrected chi connectivity index (χ2v) is 6.61. The van der Waals surface area contributed by atoms with Gasteiger partial charge in [-0.3, -0.25) is 0 Å². The number of esters is 2. The number of ether oxygens (including phenoxy) is 2. The fraction of sp³-hybridized carbons (Fsp3) is 0.500. The van der Waals surface area contributed by atoms with E-state index in [0.717, 1.165) is 0 Å². The van der Waals surface area contributed by atoms with Crippen LogP contribution < -0.4 is 0 Å². The van der Waals surface area contributed by atoms with Crippen molar-refractivity contribution in [1.29, 1.82) is 0 Å². The molecule has 0 N–H and O–H groups in total. The van der Waals surface area contributed by atoms with Gasteiger partial charge in [0.2, 0.25) is 0 Å². The van der Waals surface area contributed by atoms with Crippen LogP contribution in [0.4, 0.5) is 0 Å². The Morgan fingerprint density at radius 3 is 1.45 bits per heavy atom. The summed E-state index contributed by atoms with van der Waals surface area (Å²) >= 11 is 11.9. The molecule has 0 aliphatic heterocycles. The van der Waals surface area contributed by atoms with E-state index in [2.05, 4.69) is 0 Å². The number of rotatable bonds is 6. The number of hydrogen-bond acceptors (Lipinski definition) is 4. The van der Waals surface area contributed by atoms with Gasteiger partial charge in [-0.1, -0.05) is 50.9 Å². The van der Waals surface area contributed by atoms with Crippen molar-refractivity contribution in [3.05, 3.63) is 33.3 Å². The second-order valence-electron chi connectivity index (χ2n) is 5.80. The van der Waals surface area contributed by atoms with Crippen molar-refractivity contribution < 1.29 is 19.1 Å². The third-order valence-electron chi connectivity index (χ3n) is 2.60. The highest BCUT2D eigenvalue weighted by atomic mass is 35.5. The van der Waals surface area contributed by atoms with Gasteiger partial charge in [0.15, 0.2) is 0 Å². The summed E-state index contributed by atoms with van der Waals surface area (Å²) in [5.41, 5.74) is 0.118. The first kappa shape index (κ1) is 18.8. The highest BCUT2D eigenvalue weighted by molar-refractivity contribution is 6.42. The summed E-state index contributed by atoms with van der Waals surface area (Å²) in [6.45, 7) is 8.17. The van der Waals surface area contributed by atoms with Gasteiger partial charge in [0, 0.05) is 0 Å². The summed E-state index contributed by atoms with van der Waals surface area (Å²) in [5, 5.41) is 0.358. The minimum absolute atomic E-state index is 0.0591. The molecule has 0 unspecified atom stereocenters. The van der Waals surface area contributed by atoms with Gasteiger partial charge in [-0.15, -0.1) is 0 Å². The van der Waals surface area contributed by atoms with E-state index in [1.807, 2.05) is 27.7 Å². The predicted octanol–water partition coefficient (Wildman–Crippen LogP) is 4.62. The Morgan fingerprint density at radius 1 is 0.864 bits per heavy atom. The minimum Gasteiger partial charge on any atom is -0.462 e. The lowest BCUT2D eigenvalue weighted by Gasteiger charge is -2.13. The smallest absolute Gasteiger partial charge is 0.339 e. The molecular formula is C16H20Cl2O4. The van der Waals surface area contributed by atoms with Gasteiger partial charge >= 0.3 is 11.9 Å². The van der Waals surface area contributed by atoms with E-state index in [-0.39, 0.29) is 46.2 Å². The van der Waals surface area contributed by atoms with Gasteiger partial charge in [0.25, 0.3) is 0 Å². The maximum atomic E-state index is 12.1. The van der Waals surface area contributed by atoms with Crippen molar-refractivity contribution >= 4 is 35.1 Å². The van der Waals surface area contributed by atoms with Crippen LogP contribution in [0.25, 0.3) is 0 Å². The van der Waals surface area contributed by atoms with Crippen LogP contribution in [-0.2, 0) is 9.47 Å². The highest BCUT2D eigenvalue weighted by Gasteiger charge is 2.22. The minimum atomic E-state index is -0.622. The van der Waals surface area contributed by atoms with Crippen LogP contribution in [0.15, 0.2) is 12.1 Å². The fourth-order valence-electron chi connectivity index (χ4n) is 1.52. The molecule has 22 heavy (non-hydrogen) atoms. The lowest BCUT2D eigenvalue weighted by molar-refractivity contribution is 0.0412.